The molecule has 20 heavy (non-hydrogen) atoms. The lowest BCUT2D eigenvalue weighted by Crippen LogP contribution is -2.26. The SMILES string of the molecule is COc1ccc(N(C)C(=O)c2cccc(CCl)c2)cc1. The molecule has 0 spiro atoms. The molecule has 0 heterocycles. The fourth-order valence-electron chi connectivity index (χ4n) is 1.90. The van der Waals surface area contributed by atoms with E-state index < -0.39 is 0 Å². The van der Waals surface area contributed by atoms with Crippen LogP contribution in [0, 0.1) is 0 Å². The average molecular weight is 290 g/mol. The summed E-state index contributed by atoms with van der Waals surface area (Å²) in [6.07, 6.45) is 0. The van der Waals surface area contributed by atoms with Crippen molar-refractivity contribution in [2.75, 3.05) is 19.1 Å². The highest BCUT2D eigenvalue weighted by atomic mass is 35.5. The van der Waals surface area contributed by atoms with E-state index in [1.54, 1.807) is 25.1 Å². The third-order valence-electron chi connectivity index (χ3n) is 3.09. The average Bonchev–Trinajstić information content (AvgIpc) is 2.53. The molecule has 2 rings (SSSR count). The van der Waals surface area contributed by atoms with Crippen molar-refractivity contribution in [2.45, 2.75) is 5.88 Å². The standard InChI is InChI=1S/C16H16ClNO2/c1-18(14-6-8-15(20-2)9-7-14)16(19)13-5-3-4-12(10-13)11-17/h3-10H,11H2,1-2H3. The van der Waals surface area contributed by atoms with Crippen LogP contribution in [-0.2, 0) is 5.88 Å². The lowest BCUT2D eigenvalue weighted by Gasteiger charge is -2.18. The number of hydrogen-bond acceptors (Lipinski definition) is 2. The molecule has 0 fully saturated rings. The van der Waals surface area contributed by atoms with Crippen molar-refractivity contribution in [1.29, 1.82) is 0 Å². The zero-order valence-electron chi connectivity index (χ0n) is 11.5. The highest BCUT2D eigenvalue weighted by molar-refractivity contribution is 6.17. The molecule has 0 aliphatic heterocycles. The molecule has 2 aromatic rings. The highest BCUT2D eigenvalue weighted by Gasteiger charge is 2.13. The van der Waals surface area contributed by atoms with E-state index in [0.717, 1.165) is 17.0 Å². The Balaban J connectivity index is 2.22. The van der Waals surface area contributed by atoms with Gasteiger partial charge in [0, 0.05) is 24.2 Å². The zero-order chi connectivity index (χ0) is 14.5. The molecule has 0 aliphatic rings. The van der Waals surface area contributed by atoms with Crippen molar-refractivity contribution in [2.24, 2.45) is 0 Å². The summed E-state index contributed by atoms with van der Waals surface area (Å²) in [5.74, 6) is 1.09. The maximum Gasteiger partial charge on any atom is 0.258 e. The number of halogens is 1. The Kier molecular flexibility index (Phi) is 4.64. The fourth-order valence-corrected chi connectivity index (χ4v) is 2.07. The summed E-state index contributed by atoms with van der Waals surface area (Å²) in [5, 5.41) is 0. The van der Waals surface area contributed by atoms with Gasteiger partial charge >= 0.3 is 0 Å². The molecule has 0 bridgehead atoms. The van der Waals surface area contributed by atoms with E-state index in [9.17, 15) is 4.79 Å². The normalized spacial score (nSPS) is 10.2. The first kappa shape index (κ1) is 14.4. The molecule has 104 valence electrons. The minimum absolute atomic E-state index is 0.0675. The number of alkyl halides is 1. The Morgan fingerprint density at radius 3 is 2.50 bits per heavy atom. The Morgan fingerprint density at radius 2 is 1.90 bits per heavy atom. The predicted octanol–water partition coefficient (Wildman–Crippen LogP) is 3.71. The number of rotatable bonds is 4. The summed E-state index contributed by atoms with van der Waals surface area (Å²) in [5.41, 5.74) is 2.37. The van der Waals surface area contributed by atoms with E-state index >= 15 is 0 Å². The molecule has 3 nitrogen and oxygen atoms in total. The van der Waals surface area contributed by atoms with Crippen LogP contribution in [0.5, 0.6) is 5.75 Å². The molecule has 0 aromatic heterocycles. The van der Waals surface area contributed by atoms with Crippen molar-refractivity contribution in [1.82, 2.24) is 0 Å². The molecular formula is C16H16ClNO2. The third kappa shape index (κ3) is 3.11. The first-order valence-electron chi connectivity index (χ1n) is 6.22. The number of ether oxygens (including phenoxy) is 1. The molecule has 2 aromatic carbocycles. The van der Waals surface area contributed by atoms with Crippen LogP contribution in [0.25, 0.3) is 0 Å². The van der Waals surface area contributed by atoms with Gasteiger partial charge in [0.05, 0.1) is 7.11 Å². The topological polar surface area (TPSA) is 29.5 Å². The number of nitrogens with zero attached hydrogens (tertiary/aromatic N) is 1. The smallest absolute Gasteiger partial charge is 0.258 e. The fraction of sp³-hybridized carbons (Fsp3) is 0.188. The first-order valence-corrected chi connectivity index (χ1v) is 6.76. The summed E-state index contributed by atoms with van der Waals surface area (Å²) in [6, 6.07) is 14.7. The van der Waals surface area contributed by atoms with E-state index in [0.29, 0.717) is 11.4 Å². The minimum Gasteiger partial charge on any atom is -0.497 e. The minimum atomic E-state index is -0.0675. The number of benzene rings is 2. The van der Waals surface area contributed by atoms with E-state index in [2.05, 4.69) is 0 Å². The lowest BCUT2D eigenvalue weighted by atomic mass is 10.1. The van der Waals surface area contributed by atoms with Gasteiger partial charge in [0.25, 0.3) is 5.91 Å². The summed E-state index contributed by atoms with van der Waals surface area (Å²) < 4.78 is 5.11. The summed E-state index contributed by atoms with van der Waals surface area (Å²) in [4.78, 5) is 14.0. The molecule has 4 heteroatoms. The van der Waals surface area contributed by atoms with Gasteiger partial charge in [-0.15, -0.1) is 11.6 Å². The Bertz CT molecular complexity index is 596. The summed E-state index contributed by atoms with van der Waals surface area (Å²) >= 11 is 5.79. The van der Waals surface area contributed by atoms with Crippen molar-refractivity contribution >= 4 is 23.2 Å². The van der Waals surface area contributed by atoms with Gasteiger partial charge in [-0.2, -0.15) is 0 Å². The Hall–Kier alpha value is -2.00. The zero-order valence-corrected chi connectivity index (χ0v) is 12.2. The number of hydrogen-bond donors (Lipinski definition) is 0. The van der Waals surface area contributed by atoms with Crippen molar-refractivity contribution in [3.8, 4) is 5.75 Å². The molecule has 0 aliphatic carbocycles. The summed E-state index contributed by atoms with van der Waals surface area (Å²) in [6.45, 7) is 0. The second-order valence-corrected chi connectivity index (χ2v) is 4.66. The van der Waals surface area contributed by atoms with Crippen LogP contribution >= 0.6 is 11.6 Å². The van der Waals surface area contributed by atoms with Crippen LogP contribution in [-0.4, -0.2) is 20.1 Å². The van der Waals surface area contributed by atoms with Gasteiger partial charge in [-0.25, -0.2) is 0 Å². The van der Waals surface area contributed by atoms with Crippen molar-refractivity contribution in [3.63, 3.8) is 0 Å². The second-order valence-electron chi connectivity index (χ2n) is 4.40. The van der Waals surface area contributed by atoms with Crippen LogP contribution in [0.2, 0.25) is 0 Å². The lowest BCUT2D eigenvalue weighted by molar-refractivity contribution is 0.0993. The third-order valence-corrected chi connectivity index (χ3v) is 3.40. The van der Waals surface area contributed by atoms with Crippen LogP contribution in [0.1, 0.15) is 15.9 Å². The number of carbonyl (C=O) groups excluding carboxylic acids is 1. The first-order chi connectivity index (χ1) is 9.65. The van der Waals surface area contributed by atoms with Gasteiger partial charge < -0.3 is 9.64 Å². The van der Waals surface area contributed by atoms with E-state index in [1.807, 2.05) is 42.5 Å². The molecule has 1 amide bonds. The van der Waals surface area contributed by atoms with E-state index in [1.165, 1.54) is 0 Å². The number of methoxy groups -OCH3 is 1. The maximum atomic E-state index is 12.4. The summed E-state index contributed by atoms with van der Waals surface area (Å²) in [7, 11) is 3.36. The van der Waals surface area contributed by atoms with Gasteiger partial charge in [-0.05, 0) is 42.0 Å². The molecule has 0 N–H and O–H groups in total. The van der Waals surface area contributed by atoms with Gasteiger partial charge in [0.2, 0.25) is 0 Å². The van der Waals surface area contributed by atoms with Crippen molar-refractivity contribution in [3.05, 3.63) is 59.7 Å². The molecule has 0 saturated heterocycles. The molecular weight excluding hydrogens is 274 g/mol. The van der Waals surface area contributed by atoms with Crippen LogP contribution in [0.3, 0.4) is 0 Å². The Morgan fingerprint density at radius 1 is 1.20 bits per heavy atom. The van der Waals surface area contributed by atoms with E-state index in [4.69, 9.17) is 16.3 Å². The Labute approximate surface area is 123 Å². The van der Waals surface area contributed by atoms with Gasteiger partial charge in [-0.3, -0.25) is 4.79 Å². The molecule has 0 atom stereocenters. The van der Waals surface area contributed by atoms with Crippen LogP contribution < -0.4 is 9.64 Å². The number of anilines is 1. The quantitative estimate of drug-likeness (QED) is 0.803. The number of carbonyl (C=O) groups is 1. The van der Waals surface area contributed by atoms with Crippen LogP contribution in [0.4, 0.5) is 5.69 Å². The van der Waals surface area contributed by atoms with Crippen molar-refractivity contribution < 1.29 is 9.53 Å². The number of amides is 1. The molecule has 0 saturated carbocycles. The second kappa shape index (κ2) is 6.44. The van der Waals surface area contributed by atoms with E-state index in [-0.39, 0.29) is 5.91 Å². The van der Waals surface area contributed by atoms with Gasteiger partial charge in [0.1, 0.15) is 5.75 Å². The maximum absolute atomic E-state index is 12.4. The van der Waals surface area contributed by atoms with Gasteiger partial charge in [-0.1, -0.05) is 12.1 Å². The molecule has 0 radical (unpaired) electrons. The van der Waals surface area contributed by atoms with Crippen LogP contribution in [0.15, 0.2) is 48.5 Å². The highest BCUT2D eigenvalue weighted by Crippen LogP contribution is 2.20. The molecule has 0 unspecified atom stereocenters. The monoisotopic (exact) mass is 289 g/mol. The predicted molar refractivity (Wildman–Crippen MR) is 81.7 cm³/mol. The van der Waals surface area contributed by atoms with Gasteiger partial charge in [0.15, 0.2) is 0 Å². The largest absolute Gasteiger partial charge is 0.497 e.